The highest BCUT2D eigenvalue weighted by atomic mass is 35.5. The van der Waals surface area contributed by atoms with Crippen molar-refractivity contribution in [3.8, 4) is 5.75 Å². The molecule has 0 saturated heterocycles. The maximum atomic E-state index is 12.4. The van der Waals surface area contributed by atoms with Gasteiger partial charge >= 0.3 is 0 Å². The molecule has 1 aliphatic carbocycles. The number of benzene rings is 2. The molecule has 1 saturated carbocycles. The second-order valence-electron chi connectivity index (χ2n) is 5.78. The normalized spacial score (nSPS) is 21.7. The van der Waals surface area contributed by atoms with Gasteiger partial charge in [0.1, 0.15) is 5.75 Å². The highest BCUT2D eigenvalue weighted by Crippen LogP contribution is 2.34. The fourth-order valence-corrected chi connectivity index (χ4v) is 3.25. The molecule has 2 aromatic rings. The first-order valence-electron chi connectivity index (χ1n) is 7.45. The number of rotatable bonds is 2. The molecule has 1 fully saturated rings. The van der Waals surface area contributed by atoms with Crippen LogP contribution in [0.15, 0.2) is 30.3 Å². The van der Waals surface area contributed by atoms with Crippen molar-refractivity contribution >= 4 is 28.3 Å². The maximum Gasteiger partial charge on any atom is 0.255 e. The molecule has 0 atom stereocenters. The molecule has 116 valence electrons. The van der Waals surface area contributed by atoms with Crippen LogP contribution in [0.1, 0.15) is 36.0 Å². The second-order valence-corrected chi connectivity index (χ2v) is 6.19. The molecule has 0 bridgehead atoms. The number of aromatic hydroxyl groups is 1. The number of phenolic OH excluding ortho intramolecular Hbond substituents is 1. The van der Waals surface area contributed by atoms with Crippen molar-refractivity contribution in [1.82, 2.24) is 5.32 Å². The van der Waals surface area contributed by atoms with E-state index >= 15 is 0 Å². The Bertz CT molecular complexity index is 708. The molecule has 3 N–H and O–H groups in total. The highest BCUT2D eigenvalue weighted by Gasteiger charge is 2.23. The summed E-state index contributed by atoms with van der Waals surface area (Å²) in [6.07, 6.45) is 2.60. The summed E-state index contributed by atoms with van der Waals surface area (Å²) < 4.78 is 0. The van der Waals surface area contributed by atoms with Gasteiger partial charge < -0.3 is 15.5 Å². The van der Waals surface area contributed by atoms with E-state index < -0.39 is 0 Å². The number of phenols is 1. The lowest BCUT2D eigenvalue weighted by atomic mass is 9.93. The molecule has 0 spiro atoms. The number of hydrogen-bond donors (Lipinski definition) is 3. The van der Waals surface area contributed by atoms with Crippen LogP contribution in [0, 0.1) is 0 Å². The van der Waals surface area contributed by atoms with Gasteiger partial charge in [0.05, 0.1) is 11.7 Å². The van der Waals surface area contributed by atoms with Crippen molar-refractivity contribution in [3.63, 3.8) is 0 Å². The number of nitrogens with one attached hydrogen (secondary N) is 1. The Kier molecular flexibility index (Phi) is 4.23. The van der Waals surface area contributed by atoms with Gasteiger partial charge in [0.15, 0.2) is 0 Å². The van der Waals surface area contributed by atoms with Crippen LogP contribution >= 0.6 is 11.6 Å². The van der Waals surface area contributed by atoms with Crippen LogP contribution in [-0.4, -0.2) is 28.3 Å². The first-order chi connectivity index (χ1) is 10.6. The zero-order valence-corrected chi connectivity index (χ0v) is 12.8. The number of carbonyl (C=O) groups excluding carboxylic acids is 1. The van der Waals surface area contributed by atoms with Gasteiger partial charge in [-0.25, -0.2) is 0 Å². The minimum absolute atomic E-state index is 0.0283. The van der Waals surface area contributed by atoms with Crippen molar-refractivity contribution in [2.75, 3.05) is 0 Å². The van der Waals surface area contributed by atoms with E-state index in [9.17, 15) is 15.0 Å². The second kappa shape index (κ2) is 6.15. The number of fused-ring (bicyclic) bond motifs is 1. The third kappa shape index (κ3) is 2.89. The van der Waals surface area contributed by atoms with Gasteiger partial charge in [0.25, 0.3) is 5.91 Å². The van der Waals surface area contributed by atoms with Crippen LogP contribution < -0.4 is 5.32 Å². The monoisotopic (exact) mass is 319 g/mol. The van der Waals surface area contributed by atoms with Crippen molar-refractivity contribution in [2.24, 2.45) is 0 Å². The maximum absolute atomic E-state index is 12.4. The van der Waals surface area contributed by atoms with E-state index in [0.29, 0.717) is 23.3 Å². The molecule has 3 rings (SSSR count). The number of hydrogen-bond acceptors (Lipinski definition) is 3. The molecule has 0 radical (unpaired) electrons. The largest absolute Gasteiger partial charge is 0.506 e. The van der Waals surface area contributed by atoms with Gasteiger partial charge in [-0.3, -0.25) is 4.79 Å². The summed E-state index contributed by atoms with van der Waals surface area (Å²) in [7, 11) is 0. The van der Waals surface area contributed by atoms with Crippen molar-refractivity contribution < 1.29 is 15.0 Å². The summed E-state index contributed by atoms with van der Waals surface area (Å²) in [4.78, 5) is 12.4. The predicted octanol–water partition coefficient (Wildman–Crippen LogP) is 3.23. The lowest BCUT2D eigenvalue weighted by molar-refractivity contribution is 0.0865. The van der Waals surface area contributed by atoms with Crippen LogP contribution in [-0.2, 0) is 0 Å². The minimum atomic E-state index is -0.327. The van der Waals surface area contributed by atoms with Crippen molar-refractivity contribution in [3.05, 3.63) is 40.9 Å². The summed E-state index contributed by atoms with van der Waals surface area (Å²) >= 11 is 6.22. The zero-order chi connectivity index (χ0) is 15.7. The molecule has 5 heteroatoms. The topological polar surface area (TPSA) is 69.6 Å². The summed E-state index contributed by atoms with van der Waals surface area (Å²) in [5.41, 5.74) is 0.190. The molecule has 0 heterocycles. The SMILES string of the molecule is O=C(NC1CCC(O)CC1)c1cc(Cl)c2ccccc2c1O. The van der Waals surface area contributed by atoms with Crippen LogP contribution in [0.5, 0.6) is 5.75 Å². The fourth-order valence-electron chi connectivity index (χ4n) is 2.97. The van der Waals surface area contributed by atoms with Crippen LogP contribution in [0.3, 0.4) is 0 Å². The third-order valence-electron chi connectivity index (χ3n) is 4.24. The molecule has 1 amide bonds. The van der Waals surface area contributed by atoms with Crippen molar-refractivity contribution in [2.45, 2.75) is 37.8 Å². The Labute approximate surface area is 133 Å². The lowest BCUT2D eigenvalue weighted by Gasteiger charge is -2.26. The average Bonchev–Trinajstić information content (AvgIpc) is 2.53. The molecular weight excluding hydrogens is 302 g/mol. The van der Waals surface area contributed by atoms with E-state index in [1.807, 2.05) is 12.1 Å². The highest BCUT2D eigenvalue weighted by molar-refractivity contribution is 6.36. The van der Waals surface area contributed by atoms with E-state index in [4.69, 9.17) is 11.6 Å². The van der Waals surface area contributed by atoms with Crippen LogP contribution in [0.25, 0.3) is 10.8 Å². The van der Waals surface area contributed by atoms with Crippen LogP contribution in [0.4, 0.5) is 0 Å². The number of halogens is 1. The van der Waals surface area contributed by atoms with E-state index in [2.05, 4.69) is 5.32 Å². The van der Waals surface area contributed by atoms with Crippen LogP contribution in [0.2, 0.25) is 5.02 Å². The zero-order valence-electron chi connectivity index (χ0n) is 12.1. The summed E-state index contributed by atoms with van der Waals surface area (Å²) in [5.74, 6) is -0.375. The van der Waals surface area contributed by atoms with Gasteiger partial charge in [-0.2, -0.15) is 0 Å². The number of aliphatic hydroxyl groups excluding tert-OH is 1. The van der Waals surface area contributed by atoms with E-state index in [1.165, 1.54) is 6.07 Å². The Hall–Kier alpha value is -1.78. The quantitative estimate of drug-likeness (QED) is 0.796. The van der Waals surface area contributed by atoms with Gasteiger partial charge in [-0.05, 0) is 31.7 Å². The first kappa shape index (κ1) is 15.1. The average molecular weight is 320 g/mol. The Morgan fingerprint density at radius 3 is 2.45 bits per heavy atom. The fraction of sp³-hybridized carbons (Fsp3) is 0.353. The van der Waals surface area contributed by atoms with Gasteiger partial charge in [-0.15, -0.1) is 0 Å². The summed E-state index contributed by atoms with van der Waals surface area (Å²) in [6.45, 7) is 0. The predicted molar refractivity (Wildman–Crippen MR) is 86.4 cm³/mol. The molecule has 1 aliphatic rings. The minimum Gasteiger partial charge on any atom is -0.506 e. The third-order valence-corrected chi connectivity index (χ3v) is 4.55. The number of aliphatic hydroxyl groups is 1. The first-order valence-corrected chi connectivity index (χ1v) is 7.83. The number of amides is 1. The summed E-state index contributed by atoms with van der Waals surface area (Å²) in [5, 5.41) is 24.5. The van der Waals surface area contributed by atoms with Crippen molar-refractivity contribution in [1.29, 1.82) is 0 Å². The molecule has 0 aromatic heterocycles. The molecule has 22 heavy (non-hydrogen) atoms. The van der Waals surface area contributed by atoms with E-state index in [-0.39, 0.29) is 29.4 Å². The molecule has 4 nitrogen and oxygen atoms in total. The molecular formula is C17H18ClNO3. The standard InChI is InChI=1S/C17H18ClNO3/c18-15-9-14(16(21)13-4-2-1-3-12(13)15)17(22)19-10-5-7-11(20)8-6-10/h1-4,9-11,20-21H,5-8H2,(H,19,22). The Morgan fingerprint density at radius 2 is 1.77 bits per heavy atom. The summed E-state index contributed by atoms with van der Waals surface area (Å²) in [6, 6.07) is 8.71. The molecule has 0 aliphatic heterocycles. The molecule has 2 aromatic carbocycles. The van der Waals surface area contributed by atoms with Gasteiger partial charge in [0.2, 0.25) is 0 Å². The van der Waals surface area contributed by atoms with Gasteiger partial charge in [0, 0.05) is 21.8 Å². The lowest BCUT2D eigenvalue weighted by Crippen LogP contribution is -2.38. The van der Waals surface area contributed by atoms with E-state index in [1.54, 1.807) is 12.1 Å². The van der Waals surface area contributed by atoms with E-state index in [0.717, 1.165) is 18.2 Å². The van der Waals surface area contributed by atoms with Gasteiger partial charge in [-0.1, -0.05) is 35.9 Å². The molecule has 0 unspecified atom stereocenters. The number of carbonyl (C=O) groups is 1. The Morgan fingerprint density at radius 1 is 1.14 bits per heavy atom. The smallest absolute Gasteiger partial charge is 0.255 e. The Balaban J connectivity index is 1.86.